The molecule has 0 spiro atoms. The summed E-state index contributed by atoms with van der Waals surface area (Å²) in [5.74, 6) is 0. The van der Waals surface area contributed by atoms with Crippen molar-refractivity contribution in [1.82, 2.24) is 4.23 Å². The lowest BCUT2D eigenvalue weighted by Gasteiger charge is -2.50. The molecule has 0 radical (unpaired) electrons. The van der Waals surface area contributed by atoms with Gasteiger partial charge in [0.25, 0.3) is 0 Å². The lowest BCUT2D eigenvalue weighted by atomic mass is 10.3. The van der Waals surface area contributed by atoms with Gasteiger partial charge in [-0.15, -0.1) is 0 Å². The molecule has 9 heteroatoms. The standard InChI is InChI=1S/C17H45Cl2NOSi5/c1-12-17(20(23(2,3)4)24(5,6)7)16-26(10,11)21-25(8,9)15-13-14-22(18)19/h17,22H,12-16H2,1-11H3. The van der Waals surface area contributed by atoms with Gasteiger partial charge in [0.2, 0.25) is 7.42 Å². The summed E-state index contributed by atoms with van der Waals surface area (Å²) < 4.78 is 9.92. The topological polar surface area (TPSA) is 12.5 Å². The van der Waals surface area contributed by atoms with Crippen LogP contribution in [-0.2, 0) is 4.12 Å². The van der Waals surface area contributed by atoms with Crippen LogP contribution in [0.15, 0.2) is 0 Å². The van der Waals surface area contributed by atoms with Crippen LogP contribution in [0.3, 0.4) is 0 Å². The highest BCUT2D eigenvalue weighted by Crippen LogP contribution is 2.32. The Hall–Kier alpha value is 1.58. The largest absolute Gasteiger partial charge is 0.455 e. The van der Waals surface area contributed by atoms with Gasteiger partial charge in [0.15, 0.2) is 16.6 Å². The molecule has 0 heterocycles. The SMILES string of the molecule is CCC(C[Si](C)(C)O[Si](C)(C)CCC[SiH](Cl)Cl)N([Si](C)(C)C)[Si](C)(C)C. The molecule has 0 rings (SSSR count). The van der Waals surface area contributed by atoms with E-state index in [9.17, 15) is 0 Å². The van der Waals surface area contributed by atoms with Gasteiger partial charge in [0.05, 0.1) is 0 Å². The molecular weight excluding hydrogens is 446 g/mol. The molecule has 158 valence electrons. The van der Waals surface area contributed by atoms with Gasteiger partial charge in [0.1, 0.15) is 16.5 Å². The zero-order chi connectivity index (χ0) is 21.0. The van der Waals surface area contributed by atoms with Crippen LogP contribution in [0.25, 0.3) is 0 Å². The number of hydrogen-bond acceptors (Lipinski definition) is 2. The minimum Gasteiger partial charge on any atom is -0.455 e. The molecule has 0 saturated heterocycles. The highest BCUT2D eigenvalue weighted by molar-refractivity contribution is 7.33. The molecule has 0 bridgehead atoms. The maximum atomic E-state index is 6.93. The van der Waals surface area contributed by atoms with Crippen LogP contribution >= 0.6 is 22.2 Å². The first-order valence-corrected chi connectivity index (χ1v) is 27.6. The molecule has 0 saturated carbocycles. The summed E-state index contributed by atoms with van der Waals surface area (Å²) >= 11 is 12.1. The average molecular weight is 491 g/mol. The summed E-state index contributed by atoms with van der Waals surface area (Å²) in [6.45, 7) is 27.1. The molecule has 0 aliphatic carbocycles. The Labute approximate surface area is 179 Å². The maximum absolute atomic E-state index is 6.93. The number of hydrogen-bond donors (Lipinski definition) is 0. The fourth-order valence-electron chi connectivity index (χ4n) is 4.61. The Kier molecular flexibility index (Phi) is 11.2. The highest BCUT2D eigenvalue weighted by Gasteiger charge is 2.42. The molecule has 0 fully saturated rings. The van der Waals surface area contributed by atoms with Gasteiger partial charge in [-0.05, 0) is 56.8 Å². The molecule has 0 aromatic carbocycles. The molecule has 0 aromatic rings. The van der Waals surface area contributed by atoms with Gasteiger partial charge < -0.3 is 8.35 Å². The third kappa shape index (κ3) is 10.9. The average Bonchev–Trinajstić information content (AvgIpc) is 2.31. The van der Waals surface area contributed by atoms with Crippen molar-refractivity contribution in [3.05, 3.63) is 0 Å². The van der Waals surface area contributed by atoms with E-state index in [0.29, 0.717) is 6.04 Å². The van der Waals surface area contributed by atoms with E-state index in [1.54, 1.807) is 0 Å². The van der Waals surface area contributed by atoms with Gasteiger partial charge in [-0.3, -0.25) is 0 Å². The van der Waals surface area contributed by atoms with Crippen LogP contribution in [0.1, 0.15) is 19.8 Å². The third-order valence-corrected chi connectivity index (χ3v) is 22.0. The van der Waals surface area contributed by atoms with Crippen molar-refractivity contribution >= 4 is 62.7 Å². The summed E-state index contributed by atoms with van der Waals surface area (Å²) in [7, 11) is -7.52. The summed E-state index contributed by atoms with van der Waals surface area (Å²) in [6, 6.07) is 4.15. The summed E-state index contributed by atoms with van der Waals surface area (Å²) in [5, 5.41) is 0. The predicted octanol–water partition coefficient (Wildman–Crippen LogP) is 7.25. The van der Waals surface area contributed by atoms with Crippen LogP contribution < -0.4 is 0 Å². The molecule has 0 aromatic heterocycles. The normalized spacial score (nSPS) is 15.8. The van der Waals surface area contributed by atoms with Crippen LogP contribution in [0.2, 0.25) is 83.6 Å². The third-order valence-electron chi connectivity index (χ3n) is 4.76. The molecule has 0 aliphatic rings. The Morgan fingerprint density at radius 3 is 1.65 bits per heavy atom. The zero-order valence-corrected chi connectivity index (χ0v) is 26.0. The second-order valence-corrected chi connectivity index (χ2v) is 34.9. The molecule has 26 heavy (non-hydrogen) atoms. The first-order chi connectivity index (χ1) is 11.4. The van der Waals surface area contributed by atoms with E-state index in [0.717, 1.165) is 12.5 Å². The Bertz CT molecular complexity index is 408. The number of nitrogens with zero attached hydrogens (tertiary/aromatic N) is 1. The van der Waals surface area contributed by atoms with Crippen LogP contribution in [-0.4, -0.2) is 50.8 Å². The first-order valence-electron chi connectivity index (χ1n) is 10.2. The van der Waals surface area contributed by atoms with E-state index in [1.165, 1.54) is 18.5 Å². The van der Waals surface area contributed by atoms with Crippen molar-refractivity contribution in [3.8, 4) is 0 Å². The van der Waals surface area contributed by atoms with E-state index in [1.807, 2.05) is 0 Å². The molecule has 0 amide bonds. The van der Waals surface area contributed by atoms with Crippen molar-refractivity contribution < 1.29 is 4.12 Å². The number of halogens is 2. The zero-order valence-electron chi connectivity index (χ0n) is 19.3. The summed E-state index contributed by atoms with van der Waals surface area (Å²) in [4.78, 5) is 0. The maximum Gasteiger partial charge on any atom is 0.237 e. The van der Waals surface area contributed by atoms with Gasteiger partial charge >= 0.3 is 0 Å². The second kappa shape index (κ2) is 10.6. The minimum atomic E-state index is -1.71. The Balaban J connectivity index is 5.17. The van der Waals surface area contributed by atoms with Crippen molar-refractivity contribution in [1.29, 1.82) is 0 Å². The van der Waals surface area contributed by atoms with E-state index in [4.69, 9.17) is 26.3 Å². The van der Waals surface area contributed by atoms with Gasteiger partial charge in [0, 0.05) is 0 Å². The van der Waals surface area contributed by atoms with E-state index in [2.05, 4.69) is 76.6 Å². The quantitative estimate of drug-likeness (QED) is 0.211. The molecule has 1 unspecified atom stereocenters. The molecule has 1 atom stereocenters. The van der Waals surface area contributed by atoms with Crippen molar-refractivity contribution in [2.75, 3.05) is 0 Å². The lowest BCUT2D eigenvalue weighted by Crippen LogP contribution is -2.64. The summed E-state index contributed by atoms with van der Waals surface area (Å²) in [5.41, 5.74) is 0. The fourth-order valence-corrected chi connectivity index (χ4v) is 27.0. The van der Waals surface area contributed by atoms with Crippen molar-refractivity contribution in [2.45, 2.75) is 109 Å². The number of rotatable bonds is 12. The highest BCUT2D eigenvalue weighted by atomic mass is 35.7. The van der Waals surface area contributed by atoms with Gasteiger partial charge in [-0.25, -0.2) is 0 Å². The molecular formula is C17H45Cl2NOSi5. The molecule has 0 aliphatic heterocycles. The van der Waals surface area contributed by atoms with E-state index < -0.39 is 40.5 Å². The minimum absolute atomic E-state index is 0.683. The van der Waals surface area contributed by atoms with Gasteiger partial charge in [-0.2, -0.15) is 22.2 Å². The van der Waals surface area contributed by atoms with Crippen LogP contribution in [0.4, 0.5) is 0 Å². The van der Waals surface area contributed by atoms with Crippen LogP contribution in [0, 0.1) is 0 Å². The van der Waals surface area contributed by atoms with Crippen LogP contribution in [0.5, 0.6) is 0 Å². The predicted molar refractivity (Wildman–Crippen MR) is 137 cm³/mol. The molecule has 2 nitrogen and oxygen atoms in total. The smallest absolute Gasteiger partial charge is 0.237 e. The second-order valence-electron chi connectivity index (χ2n) is 10.9. The van der Waals surface area contributed by atoms with Crippen molar-refractivity contribution in [2.24, 2.45) is 0 Å². The monoisotopic (exact) mass is 489 g/mol. The van der Waals surface area contributed by atoms with Crippen molar-refractivity contribution in [3.63, 3.8) is 0 Å². The Morgan fingerprint density at radius 1 is 0.846 bits per heavy atom. The lowest BCUT2D eigenvalue weighted by molar-refractivity contribution is 0.431. The summed E-state index contributed by atoms with van der Waals surface area (Å²) in [6.07, 6.45) is 2.38. The van der Waals surface area contributed by atoms with E-state index in [-0.39, 0.29) is 0 Å². The molecule has 0 N–H and O–H groups in total. The Morgan fingerprint density at radius 2 is 1.31 bits per heavy atom. The fraction of sp³-hybridized carbons (Fsp3) is 1.00. The van der Waals surface area contributed by atoms with E-state index >= 15 is 0 Å². The van der Waals surface area contributed by atoms with Gasteiger partial charge in [-0.1, -0.05) is 52.6 Å². The first kappa shape index (κ1) is 27.6.